The van der Waals surface area contributed by atoms with Crippen LogP contribution in [0.5, 0.6) is 0 Å². The van der Waals surface area contributed by atoms with Crippen LogP contribution in [0, 0.1) is 0 Å². The van der Waals surface area contributed by atoms with Gasteiger partial charge in [-0.2, -0.15) is 0 Å². The summed E-state index contributed by atoms with van der Waals surface area (Å²) < 4.78 is 0. The van der Waals surface area contributed by atoms with Gasteiger partial charge in [0.1, 0.15) is 0 Å². The molecule has 0 spiro atoms. The van der Waals surface area contributed by atoms with Crippen LogP contribution in [0.4, 0.5) is 0 Å². The summed E-state index contributed by atoms with van der Waals surface area (Å²) in [6.45, 7) is 0. The van der Waals surface area contributed by atoms with Gasteiger partial charge in [0.15, 0.2) is 0 Å². The van der Waals surface area contributed by atoms with Crippen molar-refractivity contribution in [3.63, 3.8) is 0 Å². The van der Waals surface area contributed by atoms with Crippen molar-refractivity contribution in [2.75, 3.05) is 0 Å². The van der Waals surface area contributed by atoms with Crippen LogP contribution in [0.25, 0.3) is 88.0 Å². The van der Waals surface area contributed by atoms with Gasteiger partial charge in [-0.3, -0.25) is 0 Å². The minimum atomic E-state index is 1.22. The lowest BCUT2D eigenvalue weighted by Gasteiger charge is -2.19. The van der Waals surface area contributed by atoms with E-state index in [1.54, 1.807) is 0 Å². The number of hydrogen-bond donors (Lipinski definition) is 0. The topological polar surface area (TPSA) is 0 Å². The van der Waals surface area contributed by atoms with E-state index < -0.39 is 0 Å². The molecular formula is C48H32. The fourth-order valence-electron chi connectivity index (χ4n) is 7.33. The quantitative estimate of drug-likeness (QED) is 0.171. The molecule has 9 aromatic carbocycles. The first-order chi connectivity index (χ1) is 23.8. The summed E-state index contributed by atoms with van der Waals surface area (Å²) in [5.74, 6) is 0. The molecular weight excluding hydrogens is 577 g/mol. The molecule has 0 unspecified atom stereocenters. The monoisotopic (exact) mass is 608 g/mol. The Morgan fingerprint density at radius 3 is 0.979 bits per heavy atom. The number of hydrogen-bond acceptors (Lipinski definition) is 0. The van der Waals surface area contributed by atoms with Crippen molar-refractivity contribution >= 4 is 32.3 Å². The third-order valence-corrected chi connectivity index (χ3v) is 9.60. The van der Waals surface area contributed by atoms with Crippen molar-refractivity contribution in [3.8, 4) is 55.6 Å². The molecule has 0 heteroatoms. The molecule has 0 aromatic heterocycles. The van der Waals surface area contributed by atoms with Gasteiger partial charge in [0.2, 0.25) is 0 Å². The second-order valence-electron chi connectivity index (χ2n) is 12.5. The minimum absolute atomic E-state index is 1.22. The molecule has 0 radical (unpaired) electrons. The number of rotatable bonds is 5. The lowest BCUT2D eigenvalue weighted by molar-refractivity contribution is 1.58. The molecule has 0 aliphatic rings. The van der Waals surface area contributed by atoms with Crippen LogP contribution >= 0.6 is 0 Å². The van der Waals surface area contributed by atoms with Crippen molar-refractivity contribution in [3.05, 3.63) is 194 Å². The predicted octanol–water partition coefficient (Wildman–Crippen LogP) is 13.5. The van der Waals surface area contributed by atoms with E-state index in [2.05, 4.69) is 194 Å². The third-order valence-electron chi connectivity index (χ3n) is 9.60. The summed E-state index contributed by atoms with van der Waals surface area (Å²) in [4.78, 5) is 0. The molecule has 0 aliphatic carbocycles. The maximum Gasteiger partial charge on any atom is -0.00259 e. The summed E-state index contributed by atoms with van der Waals surface area (Å²) in [7, 11) is 0. The molecule has 224 valence electrons. The zero-order valence-corrected chi connectivity index (χ0v) is 26.5. The van der Waals surface area contributed by atoms with E-state index >= 15 is 0 Å². The Bertz CT molecular complexity index is 2460. The van der Waals surface area contributed by atoms with Crippen molar-refractivity contribution in [2.45, 2.75) is 0 Å². The van der Waals surface area contributed by atoms with Crippen LogP contribution in [-0.2, 0) is 0 Å². The first-order valence-corrected chi connectivity index (χ1v) is 16.6. The second kappa shape index (κ2) is 11.8. The van der Waals surface area contributed by atoms with E-state index in [1.165, 1.54) is 88.0 Å². The highest BCUT2D eigenvalue weighted by Crippen LogP contribution is 2.45. The van der Waals surface area contributed by atoms with Gasteiger partial charge in [-0.05, 0) is 118 Å². The first-order valence-electron chi connectivity index (χ1n) is 16.6. The second-order valence-corrected chi connectivity index (χ2v) is 12.5. The number of benzene rings is 9. The summed E-state index contributed by atoms with van der Waals surface area (Å²) in [6, 6.07) is 70.8. The highest BCUT2D eigenvalue weighted by Gasteiger charge is 2.18. The van der Waals surface area contributed by atoms with Crippen molar-refractivity contribution in [2.24, 2.45) is 0 Å². The summed E-state index contributed by atoms with van der Waals surface area (Å²) in [5.41, 5.74) is 12.4. The molecule has 0 nitrogen and oxygen atoms in total. The van der Waals surface area contributed by atoms with Gasteiger partial charge in [-0.25, -0.2) is 0 Å². The summed E-state index contributed by atoms with van der Waals surface area (Å²) in [6.07, 6.45) is 0. The van der Waals surface area contributed by atoms with E-state index in [9.17, 15) is 0 Å². The van der Waals surface area contributed by atoms with Crippen LogP contribution < -0.4 is 0 Å². The van der Waals surface area contributed by atoms with E-state index in [-0.39, 0.29) is 0 Å². The fraction of sp³-hybridized carbons (Fsp3) is 0. The lowest BCUT2D eigenvalue weighted by Crippen LogP contribution is -1.92. The Hall–Kier alpha value is -6.24. The first kappa shape index (κ1) is 28.0. The molecule has 0 N–H and O–H groups in total. The van der Waals surface area contributed by atoms with Gasteiger partial charge in [0.05, 0.1) is 0 Å². The molecule has 48 heavy (non-hydrogen) atoms. The van der Waals surface area contributed by atoms with Gasteiger partial charge in [0.25, 0.3) is 0 Å². The van der Waals surface area contributed by atoms with Crippen LogP contribution in [-0.4, -0.2) is 0 Å². The summed E-state index contributed by atoms with van der Waals surface area (Å²) in [5, 5.41) is 7.53. The van der Waals surface area contributed by atoms with E-state index in [0.717, 1.165) is 0 Å². The molecule has 0 aliphatic heterocycles. The smallest absolute Gasteiger partial charge is 0.00259 e. The Morgan fingerprint density at radius 1 is 0.188 bits per heavy atom. The summed E-state index contributed by atoms with van der Waals surface area (Å²) >= 11 is 0. The fourth-order valence-corrected chi connectivity index (χ4v) is 7.33. The van der Waals surface area contributed by atoms with Crippen molar-refractivity contribution in [1.82, 2.24) is 0 Å². The average Bonchev–Trinajstić information content (AvgIpc) is 3.17. The SMILES string of the molecule is c1ccc(-c2cc(-c3ccccc3)cc(-c3c4ccccc4c(-c4ccc5cc(-c6ccccc6)ccc5c4)c4ccccc34)c2)cc1. The highest BCUT2D eigenvalue weighted by atomic mass is 14.2. The van der Waals surface area contributed by atoms with E-state index in [1.807, 2.05) is 0 Å². The van der Waals surface area contributed by atoms with Gasteiger partial charge >= 0.3 is 0 Å². The zero-order valence-electron chi connectivity index (χ0n) is 26.5. The Labute approximate surface area is 281 Å². The molecule has 9 rings (SSSR count). The lowest BCUT2D eigenvalue weighted by atomic mass is 9.84. The van der Waals surface area contributed by atoms with Crippen LogP contribution in [0.1, 0.15) is 0 Å². The third kappa shape index (κ3) is 4.96. The molecule has 0 fully saturated rings. The minimum Gasteiger partial charge on any atom is -0.0622 e. The standard InChI is InChI=1S/C48H32/c1-4-14-33(15-5-1)36-24-25-38-29-39(27-26-37(38)28-36)47-43-20-10-12-22-45(43)48(46-23-13-11-21-44(46)47)42-31-40(34-16-6-2-7-17-34)30-41(32-42)35-18-8-3-9-19-35/h1-32H. The van der Waals surface area contributed by atoms with Gasteiger partial charge in [0, 0.05) is 0 Å². The van der Waals surface area contributed by atoms with Crippen molar-refractivity contribution in [1.29, 1.82) is 0 Å². The largest absolute Gasteiger partial charge is 0.0622 e. The molecule has 0 saturated carbocycles. The van der Waals surface area contributed by atoms with Crippen molar-refractivity contribution < 1.29 is 0 Å². The Balaban J connectivity index is 1.29. The molecule has 0 saturated heterocycles. The van der Waals surface area contributed by atoms with Crippen LogP contribution in [0.15, 0.2) is 194 Å². The maximum atomic E-state index is 2.37. The van der Waals surface area contributed by atoms with Gasteiger partial charge in [-0.15, -0.1) is 0 Å². The number of fused-ring (bicyclic) bond motifs is 3. The van der Waals surface area contributed by atoms with Crippen LogP contribution in [0.2, 0.25) is 0 Å². The predicted molar refractivity (Wildman–Crippen MR) is 206 cm³/mol. The van der Waals surface area contributed by atoms with Gasteiger partial charge < -0.3 is 0 Å². The van der Waals surface area contributed by atoms with E-state index in [0.29, 0.717) is 0 Å². The van der Waals surface area contributed by atoms with E-state index in [4.69, 9.17) is 0 Å². The Kier molecular flexibility index (Phi) is 6.91. The molecule has 0 bridgehead atoms. The molecule has 9 aromatic rings. The van der Waals surface area contributed by atoms with Gasteiger partial charge in [-0.1, -0.05) is 164 Å². The normalized spacial score (nSPS) is 11.3. The molecule has 0 heterocycles. The molecule has 0 atom stereocenters. The highest BCUT2D eigenvalue weighted by molar-refractivity contribution is 6.22. The van der Waals surface area contributed by atoms with Crippen LogP contribution in [0.3, 0.4) is 0 Å². The maximum absolute atomic E-state index is 2.37. The molecule has 0 amide bonds. The Morgan fingerprint density at radius 2 is 0.521 bits per heavy atom. The average molecular weight is 609 g/mol. The zero-order chi connectivity index (χ0) is 31.9.